The van der Waals surface area contributed by atoms with Crippen molar-refractivity contribution in [3.8, 4) is 0 Å². The highest BCUT2D eigenvalue weighted by molar-refractivity contribution is 8.00. The molecule has 7 nitrogen and oxygen atoms in total. The Morgan fingerprint density at radius 2 is 1.77 bits per heavy atom. The Bertz CT molecular complexity index is 166. The first kappa shape index (κ1) is 18.1. The Morgan fingerprint density at radius 3 is 2.08 bits per heavy atom. The fraction of sp³-hybridized carbons (Fsp3) is 0.600. The van der Waals surface area contributed by atoms with Crippen LogP contribution in [0.2, 0.25) is 0 Å². The van der Waals surface area contributed by atoms with E-state index in [4.69, 9.17) is 15.9 Å². The third-order valence-corrected chi connectivity index (χ3v) is 1.89. The maximum Gasteiger partial charge on any atom is 0.321 e. The number of thioether (sulfide) groups is 1. The van der Waals surface area contributed by atoms with E-state index in [2.05, 4.69) is 0 Å². The van der Waals surface area contributed by atoms with E-state index in [-0.39, 0.29) is 23.8 Å². The summed E-state index contributed by atoms with van der Waals surface area (Å²) in [4.78, 5) is 20.0. The van der Waals surface area contributed by atoms with Crippen LogP contribution < -0.4 is 18.0 Å². The number of carboxylic acids is 2. The van der Waals surface area contributed by atoms with Crippen molar-refractivity contribution >= 4 is 23.7 Å². The van der Waals surface area contributed by atoms with E-state index in [0.29, 0.717) is 0 Å². The van der Waals surface area contributed by atoms with Gasteiger partial charge in [-0.05, 0) is 0 Å². The van der Waals surface area contributed by atoms with Gasteiger partial charge in [-0.15, -0.1) is 11.8 Å². The monoisotopic (exact) mass is 213 g/mol. The summed E-state index contributed by atoms with van der Waals surface area (Å²) >= 11 is 0.992. The molecule has 13 heavy (non-hydrogen) atoms. The van der Waals surface area contributed by atoms with Gasteiger partial charge in [0.2, 0.25) is 0 Å². The largest absolute Gasteiger partial charge is 0.481 e. The zero-order valence-corrected chi connectivity index (χ0v) is 7.92. The maximum atomic E-state index is 10.1. The van der Waals surface area contributed by atoms with Crippen molar-refractivity contribution in [1.82, 2.24) is 12.3 Å². The minimum atomic E-state index is -1.11. The number of carboxylic acid groups (broad SMARTS) is 2. The number of aliphatic carboxylic acids is 2. The molecule has 0 amide bonds. The summed E-state index contributed by atoms with van der Waals surface area (Å²) in [6, 6.07) is -0.973. The highest BCUT2D eigenvalue weighted by atomic mass is 32.2. The molecule has 10 N–H and O–H groups in total. The molecule has 0 heterocycles. The average Bonchev–Trinajstić information content (AvgIpc) is 1.86. The lowest BCUT2D eigenvalue weighted by Crippen LogP contribution is -2.32. The van der Waals surface area contributed by atoms with Crippen molar-refractivity contribution in [2.45, 2.75) is 6.04 Å². The quantitative estimate of drug-likeness (QED) is 0.408. The predicted molar refractivity (Wildman–Crippen MR) is 50.6 cm³/mol. The van der Waals surface area contributed by atoms with Gasteiger partial charge in [-0.1, -0.05) is 0 Å². The Labute approximate surface area is 79.8 Å². The average molecular weight is 213 g/mol. The molecule has 0 bridgehead atoms. The van der Waals surface area contributed by atoms with E-state index in [1.807, 2.05) is 0 Å². The lowest BCUT2D eigenvalue weighted by atomic mass is 10.4. The van der Waals surface area contributed by atoms with E-state index in [9.17, 15) is 9.59 Å². The zero-order valence-electron chi connectivity index (χ0n) is 7.10. The summed E-state index contributed by atoms with van der Waals surface area (Å²) in [5.41, 5.74) is 5.09. The number of hydrogen-bond acceptors (Lipinski definition) is 6. The maximum absolute atomic E-state index is 10.1. The fourth-order valence-corrected chi connectivity index (χ4v) is 1.03. The molecule has 0 spiro atoms. The van der Waals surface area contributed by atoms with Gasteiger partial charge in [-0.3, -0.25) is 9.59 Å². The molecule has 0 saturated carbocycles. The van der Waals surface area contributed by atoms with Crippen LogP contribution in [-0.2, 0) is 9.59 Å². The van der Waals surface area contributed by atoms with Crippen molar-refractivity contribution in [3.63, 3.8) is 0 Å². The van der Waals surface area contributed by atoms with Gasteiger partial charge < -0.3 is 28.2 Å². The van der Waals surface area contributed by atoms with E-state index < -0.39 is 18.0 Å². The minimum absolute atomic E-state index is 0. The molecule has 0 radical (unpaired) electrons. The van der Waals surface area contributed by atoms with E-state index in [1.165, 1.54) is 0 Å². The second-order valence-electron chi connectivity index (χ2n) is 1.85. The topological polar surface area (TPSA) is 171 Å². The Balaban J connectivity index is -0.000000500. The van der Waals surface area contributed by atoms with Gasteiger partial charge in [0.25, 0.3) is 0 Å². The molecular weight excluding hydrogens is 198 g/mol. The smallest absolute Gasteiger partial charge is 0.321 e. The standard InChI is InChI=1S/C5H9NO4S.2H3N/c6-3(5(9)10)1-11-2-4(7)8;;/h3H,1-2,6H2,(H,7,8)(H,9,10);2*1H3/t3-;;/m0../s1. The summed E-state index contributed by atoms with van der Waals surface area (Å²) in [5.74, 6) is -2.06. The summed E-state index contributed by atoms with van der Waals surface area (Å²) in [7, 11) is 0. The SMILES string of the molecule is N.N.N[C@@H](CSCC(=O)O)C(=O)O. The van der Waals surface area contributed by atoms with Crippen molar-refractivity contribution in [3.05, 3.63) is 0 Å². The summed E-state index contributed by atoms with van der Waals surface area (Å²) in [6.45, 7) is 0. The highest BCUT2D eigenvalue weighted by Gasteiger charge is 2.11. The van der Waals surface area contributed by atoms with Crippen LogP contribution in [0.25, 0.3) is 0 Å². The van der Waals surface area contributed by atoms with Crippen molar-refractivity contribution in [2.24, 2.45) is 5.73 Å². The second-order valence-corrected chi connectivity index (χ2v) is 2.88. The first-order chi connectivity index (χ1) is 5.04. The van der Waals surface area contributed by atoms with Gasteiger partial charge in [0.05, 0.1) is 5.75 Å². The van der Waals surface area contributed by atoms with Crippen molar-refractivity contribution in [1.29, 1.82) is 0 Å². The molecule has 0 saturated heterocycles. The molecule has 0 aromatic carbocycles. The van der Waals surface area contributed by atoms with Gasteiger partial charge in [0.1, 0.15) is 6.04 Å². The number of hydrogen-bond donors (Lipinski definition) is 5. The Kier molecular flexibility index (Phi) is 12.9. The van der Waals surface area contributed by atoms with Crippen LogP contribution in [0.4, 0.5) is 0 Å². The first-order valence-corrected chi connectivity index (χ1v) is 3.97. The van der Waals surface area contributed by atoms with Gasteiger partial charge in [0, 0.05) is 5.75 Å². The third kappa shape index (κ3) is 11.2. The van der Waals surface area contributed by atoms with Gasteiger partial charge >= 0.3 is 11.9 Å². The molecular formula is C5H15N3O4S. The van der Waals surface area contributed by atoms with Crippen LogP contribution in [0.5, 0.6) is 0 Å². The van der Waals surface area contributed by atoms with E-state index in [1.54, 1.807) is 0 Å². The van der Waals surface area contributed by atoms with Gasteiger partial charge in [0.15, 0.2) is 0 Å². The molecule has 80 valence electrons. The summed E-state index contributed by atoms with van der Waals surface area (Å²) in [6.07, 6.45) is 0. The van der Waals surface area contributed by atoms with Crippen LogP contribution in [0.15, 0.2) is 0 Å². The zero-order chi connectivity index (χ0) is 8.85. The molecule has 0 aliphatic rings. The fourth-order valence-electron chi connectivity index (χ4n) is 0.344. The second kappa shape index (κ2) is 9.26. The van der Waals surface area contributed by atoms with Gasteiger partial charge in [-0.2, -0.15) is 0 Å². The van der Waals surface area contributed by atoms with Crippen molar-refractivity contribution in [2.75, 3.05) is 11.5 Å². The van der Waals surface area contributed by atoms with Crippen LogP contribution in [0.1, 0.15) is 0 Å². The normalized spacial score (nSPS) is 10.5. The Hall–Kier alpha value is -0.830. The lowest BCUT2D eigenvalue weighted by Gasteiger charge is -2.02. The highest BCUT2D eigenvalue weighted by Crippen LogP contribution is 2.00. The molecule has 0 aliphatic heterocycles. The van der Waals surface area contributed by atoms with Crippen LogP contribution in [0, 0.1) is 0 Å². The van der Waals surface area contributed by atoms with E-state index in [0.717, 1.165) is 11.8 Å². The minimum Gasteiger partial charge on any atom is -0.481 e. The van der Waals surface area contributed by atoms with Gasteiger partial charge in [-0.25, -0.2) is 0 Å². The van der Waals surface area contributed by atoms with Crippen molar-refractivity contribution < 1.29 is 19.8 Å². The molecule has 0 unspecified atom stereocenters. The third-order valence-electron chi connectivity index (χ3n) is 0.840. The lowest BCUT2D eigenvalue weighted by molar-refractivity contribution is -0.138. The van der Waals surface area contributed by atoms with Crippen LogP contribution in [0.3, 0.4) is 0 Å². The molecule has 1 atom stereocenters. The summed E-state index contributed by atoms with van der Waals surface area (Å²) < 4.78 is 0. The number of rotatable bonds is 5. The van der Waals surface area contributed by atoms with Crippen LogP contribution >= 0.6 is 11.8 Å². The van der Waals surface area contributed by atoms with Crippen LogP contribution in [-0.4, -0.2) is 39.7 Å². The van der Waals surface area contributed by atoms with E-state index >= 15 is 0 Å². The molecule has 0 rings (SSSR count). The molecule has 0 aromatic heterocycles. The predicted octanol–water partition coefficient (Wildman–Crippen LogP) is -0.460. The molecule has 0 aliphatic carbocycles. The Morgan fingerprint density at radius 1 is 1.31 bits per heavy atom. The first-order valence-electron chi connectivity index (χ1n) is 2.82. The molecule has 0 aromatic rings. The summed E-state index contributed by atoms with van der Waals surface area (Å²) in [5, 5.41) is 16.4. The number of carbonyl (C=O) groups is 2. The molecule has 0 fully saturated rings. The molecule has 8 heteroatoms. The number of nitrogens with two attached hydrogens (primary N) is 1.